The summed E-state index contributed by atoms with van der Waals surface area (Å²) >= 11 is 0. The number of nitrogens with one attached hydrogen (secondary N) is 2. The average molecular weight is 452 g/mol. The first-order valence-corrected chi connectivity index (χ1v) is 10.8. The molecule has 1 fully saturated rings. The number of urea groups is 1. The van der Waals surface area contributed by atoms with Crippen molar-refractivity contribution in [3.8, 4) is 11.5 Å². The molecule has 0 aliphatic heterocycles. The minimum Gasteiger partial charge on any atom is -0.490 e. The third-order valence-corrected chi connectivity index (χ3v) is 5.11. The number of amides is 2. The smallest absolute Gasteiger partial charge is 0.488 e. The molecule has 1 aliphatic rings. The molecule has 0 radical (unpaired) electrons. The Bertz CT molecular complexity index is 1020. The summed E-state index contributed by atoms with van der Waals surface area (Å²) in [6, 6.07) is 11.0. The van der Waals surface area contributed by atoms with E-state index in [1.165, 1.54) is 36.4 Å². The second kappa shape index (κ2) is 9.65. The van der Waals surface area contributed by atoms with E-state index in [4.69, 9.17) is 9.84 Å². The molecule has 0 heterocycles. The summed E-state index contributed by atoms with van der Waals surface area (Å²) in [6.45, 7) is 0. The van der Waals surface area contributed by atoms with E-state index in [1.807, 2.05) is 0 Å². The van der Waals surface area contributed by atoms with Gasteiger partial charge in [0.25, 0.3) is 0 Å². The number of ether oxygens (including phenoxy) is 1. The van der Waals surface area contributed by atoms with E-state index in [-0.39, 0.29) is 23.5 Å². The maximum absolute atomic E-state index is 12.5. The summed E-state index contributed by atoms with van der Waals surface area (Å²) in [5, 5.41) is 14.4. The minimum atomic E-state index is -5.10. The third kappa shape index (κ3) is 7.14. The first-order valence-electron chi connectivity index (χ1n) is 9.49. The van der Waals surface area contributed by atoms with Crippen LogP contribution < -0.4 is 19.6 Å². The first-order chi connectivity index (χ1) is 14.7. The number of carbonyl (C=O) groups excluding carboxylic acids is 1. The van der Waals surface area contributed by atoms with Gasteiger partial charge in [-0.05, 0) is 74.2 Å². The fourth-order valence-electron chi connectivity index (χ4n) is 3.25. The number of hydrogen-bond donors (Lipinski definition) is 3. The van der Waals surface area contributed by atoms with Gasteiger partial charge in [0.2, 0.25) is 0 Å². The van der Waals surface area contributed by atoms with Crippen LogP contribution in [0.2, 0.25) is 0 Å². The van der Waals surface area contributed by atoms with Crippen molar-refractivity contribution in [1.82, 2.24) is 5.32 Å². The number of carboxylic acids is 1. The largest absolute Gasteiger partial charge is 0.490 e. The summed E-state index contributed by atoms with van der Waals surface area (Å²) in [5.41, 5.74) is 0.587. The van der Waals surface area contributed by atoms with E-state index < -0.39 is 22.5 Å². The number of carboxylic acid groups (broad SMARTS) is 1. The molecule has 9 nitrogen and oxygen atoms in total. The number of aromatic carboxylic acids is 1. The number of carbonyl (C=O) groups is 2. The molecule has 0 atom stereocenters. The van der Waals surface area contributed by atoms with Crippen molar-refractivity contribution < 1.29 is 35.9 Å². The van der Waals surface area contributed by atoms with Gasteiger partial charge >= 0.3 is 22.5 Å². The van der Waals surface area contributed by atoms with Gasteiger partial charge in [0.15, 0.2) is 0 Å². The quantitative estimate of drug-likeness (QED) is 0.548. The number of halogens is 1. The normalized spacial score (nSPS) is 18.6. The van der Waals surface area contributed by atoms with Crippen molar-refractivity contribution in [2.75, 3.05) is 5.32 Å². The summed E-state index contributed by atoms with van der Waals surface area (Å²) in [6.07, 6.45) is 2.87. The van der Waals surface area contributed by atoms with E-state index in [9.17, 15) is 21.9 Å². The third-order valence-electron chi connectivity index (χ3n) is 4.72. The SMILES string of the molecule is O=C(Nc1ccc(OS(=O)(=O)F)cc1)NC1CCC(Oc2ccc(C(=O)O)cc2)CC1. The molecule has 0 saturated heterocycles. The standard InChI is InChI=1S/C20H21FN2O7S/c21-31(27,28)30-18-11-5-15(6-12-18)23-20(26)22-14-3-9-17(10-4-14)29-16-7-1-13(2-8-16)19(24)25/h1-2,5-8,11-12,14,17H,3-4,9-10H2,(H,24,25)(H2,22,23,26). The molecule has 11 heteroatoms. The van der Waals surface area contributed by atoms with Crippen LogP contribution in [0.25, 0.3) is 0 Å². The van der Waals surface area contributed by atoms with Gasteiger partial charge in [-0.2, -0.15) is 8.42 Å². The molecule has 1 saturated carbocycles. The van der Waals surface area contributed by atoms with E-state index in [1.54, 1.807) is 12.1 Å². The van der Waals surface area contributed by atoms with Crippen LogP contribution in [0.3, 0.4) is 0 Å². The molecular formula is C20H21FN2O7S. The molecule has 3 rings (SSSR count). The van der Waals surface area contributed by atoms with E-state index in [0.29, 0.717) is 24.3 Å². The van der Waals surface area contributed by atoms with Gasteiger partial charge in [-0.3, -0.25) is 0 Å². The molecule has 1 aliphatic carbocycles. The lowest BCUT2D eigenvalue weighted by Crippen LogP contribution is -2.41. The summed E-state index contributed by atoms with van der Waals surface area (Å²) in [7, 11) is -5.10. The molecule has 2 amide bonds. The van der Waals surface area contributed by atoms with Crippen LogP contribution in [-0.2, 0) is 10.5 Å². The zero-order valence-corrected chi connectivity index (χ0v) is 17.1. The summed E-state index contributed by atoms with van der Waals surface area (Å²) in [5.74, 6) is -0.593. The lowest BCUT2D eigenvalue weighted by Gasteiger charge is -2.29. The lowest BCUT2D eigenvalue weighted by molar-refractivity contribution is 0.0696. The van der Waals surface area contributed by atoms with E-state index in [2.05, 4.69) is 14.8 Å². The van der Waals surface area contributed by atoms with Gasteiger partial charge in [-0.1, -0.05) is 3.89 Å². The van der Waals surface area contributed by atoms with E-state index in [0.717, 1.165) is 12.8 Å². The van der Waals surface area contributed by atoms with Gasteiger partial charge in [0, 0.05) is 11.7 Å². The van der Waals surface area contributed by atoms with Crippen LogP contribution in [0.15, 0.2) is 48.5 Å². The van der Waals surface area contributed by atoms with Crippen molar-refractivity contribution in [1.29, 1.82) is 0 Å². The molecule has 166 valence electrons. The zero-order chi connectivity index (χ0) is 22.4. The van der Waals surface area contributed by atoms with Crippen LogP contribution >= 0.6 is 0 Å². The van der Waals surface area contributed by atoms with Crippen LogP contribution in [-0.4, -0.2) is 37.7 Å². The highest BCUT2D eigenvalue weighted by molar-refractivity contribution is 7.81. The van der Waals surface area contributed by atoms with Crippen molar-refractivity contribution >= 4 is 28.2 Å². The average Bonchev–Trinajstić information content (AvgIpc) is 2.70. The highest BCUT2D eigenvalue weighted by Crippen LogP contribution is 2.24. The van der Waals surface area contributed by atoms with Crippen LogP contribution in [0.4, 0.5) is 14.4 Å². The molecule has 0 bridgehead atoms. The molecular weight excluding hydrogens is 431 g/mol. The molecule has 0 unspecified atom stereocenters. The van der Waals surface area contributed by atoms with Crippen LogP contribution in [0, 0.1) is 0 Å². The Morgan fingerprint density at radius 1 is 0.935 bits per heavy atom. The monoisotopic (exact) mass is 452 g/mol. The number of anilines is 1. The number of benzene rings is 2. The molecule has 0 aromatic heterocycles. The topological polar surface area (TPSA) is 131 Å². The second-order valence-corrected chi connectivity index (χ2v) is 7.97. The maximum Gasteiger partial charge on any atom is 0.488 e. The predicted molar refractivity (Wildman–Crippen MR) is 109 cm³/mol. The lowest BCUT2D eigenvalue weighted by atomic mass is 9.93. The Morgan fingerprint density at radius 2 is 1.52 bits per heavy atom. The molecule has 0 spiro atoms. The van der Waals surface area contributed by atoms with Crippen LogP contribution in [0.1, 0.15) is 36.0 Å². The molecule has 2 aromatic carbocycles. The Hall–Kier alpha value is -3.34. The Balaban J connectivity index is 1.42. The Kier molecular flexibility index (Phi) is 6.95. The van der Waals surface area contributed by atoms with Gasteiger partial charge in [0.1, 0.15) is 11.5 Å². The fraction of sp³-hybridized carbons (Fsp3) is 0.300. The van der Waals surface area contributed by atoms with Gasteiger partial charge in [-0.15, -0.1) is 0 Å². The summed E-state index contributed by atoms with van der Waals surface area (Å²) in [4.78, 5) is 23.1. The van der Waals surface area contributed by atoms with E-state index >= 15 is 0 Å². The van der Waals surface area contributed by atoms with Gasteiger partial charge in [0.05, 0.1) is 11.7 Å². The Morgan fingerprint density at radius 3 is 2.06 bits per heavy atom. The Labute approximate surface area is 178 Å². The number of rotatable bonds is 7. The van der Waals surface area contributed by atoms with Crippen molar-refractivity contribution in [2.45, 2.75) is 37.8 Å². The zero-order valence-electron chi connectivity index (χ0n) is 16.3. The van der Waals surface area contributed by atoms with Crippen molar-refractivity contribution in [3.05, 3.63) is 54.1 Å². The van der Waals surface area contributed by atoms with Crippen molar-refractivity contribution in [3.63, 3.8) is 0 Å². The fourth-order valence-corrected chi connectivity index (χ4v) is 3.60. The second-order valence-electron chi connectivity index (χ2n) is 7.02. The summed E-state index contributed by atoms with van der Waals surface area (Å²) < 4.78 is 43.4. The maximum atomic E-state index is 12.5. The molecule has 3 N–H and O–H groups in total. The molecule has 2 aromatic rings. The number of hydrogen-bond acceptors (Lipinski definition) is 6. The van der Waals surface area contributed by atoms with Crippen LogP contribution in [0.5, 0.6) is 11.5 Å². The van der Waals surface area contributed by atoms with Crippen molar-refractivity contribution in [2.24, 2.45) is 0 Å². The predicted octanol–water partition coefficient (Wildman–Crippen LogP) is 3.49. The highest BCUT2D eigenvalue weighted by atomic mass is 32.3. The highest BCUT2D eigenvalue weighted by Gasteiger charge is 2.24. The van der Waals surface area contributed by atoms with Gasteiger partial charge < -0.3 is 24.7 Å². The first kappa shape index (κ1) is 22.3. The minimum absolute atomic E-state index is 0.0175. The van der Waals surface area contributed by atoms with Gasteiger partial charge in [-0.25, -0.2) is 9.59 Å². The molecule has 31 heavy (non-hydrogen) atoms.